The first-order valence-corrected chi connectivity index (χ1v) is 5.85. The van der Waals surface area contributed by atoms with Crippen molar-refractivity contribution in [1.29, 1.82) is 0 Å². The van der Waals surface area contributed by atoms with Crippen LogP contribution < -0.4 is 5.32 Å². The Balaban J connectivity index is 2.19. The molecule has 2 aromatic heterocycles. The predicted octanol–water partition coefficient (Wildman–Crippen LogP) is 3.31. The molecule has 0 saturated heterocycles. The van der Waals surface area contributed by atoms with Gasteiger partial charge >= 0.3 is 0 Å². The Morgan fingerprint density at radius 1 is 1.41 bits per heavy atom. The van der Waals surface area contributed by atoms with Crippen LogP contribution in [-0.2, 0) is 0 Å². The maximum absolute atomic E-state index is 11.8. The van der Waals surface area contributed by atoms with Crippen molar-refractivity contribution in [3.63, 3.8) is 0 Å². The molecule has 5 heteroatoms. The Morgan fingerprint density at radius 2 is 2.18 bits per heavy atom. The minimum atomic E-state index is -0.290. The number of furan rings is 1. The molecule has 0 fully saturated rings. The summed E-state index contributed by atoms with van der Waals surface area (Å²) in [5.41, 5.74) is 1.81. The van der Waals surface area contributed by atoms with Gasteiger partial charge in [0.05, 0.1) is 6.26 Å². The molecule has 1 N–H and O–H groups in total. The highest BCUT2D eigenvalue weighted by atomic mass is 79.9. The molecule has 0 spiro atoms. The number of nitrogens with one attached hydrogen (secondary N) is 1. The number of aryl methyl sites for hydroxylation is 2. The van der Waals surface area contributed by atoms with Gasteiger partial charge in [0.1, 0.15) is 5.82 Å². The number of hydrogen-bond donors (Lipinski definition) is 1. The number of carbonyl (C=O) groups is 1. The van der Waals surface area contributed by atoms with Crippen LogP contribution in [-0.4, -0.2) is 10.9 Å². The maximum atomic E-state index is 11.8. The third-order valence-corrected chi connectivity index (χ3v) is 3.19. The van der Waals surface area contributed by atoms with Gasteiger partial charge in [0, 0.05) is 16.2 Å². The minimum Gasteiger partial charge on any atom is -0.459 e. The molecular weight excluding hydrogens is 284 g/mol. The number of pyridine rings is 1. The second-order valence-electron chi connectivity index (χ2n) is 3.71. The first kappa shape index (κ1) is 11.9. The summed E-state index contributed by atoms with van der Waals surface area (Å²) >= 11 is 3.35. The Morgan fingerprint density at radius 3 is 2.76 bits per heavy atom. The molecule has 1 amide bonds. The van der Waals surface area contributed by atoms with Crippen molar-refractivity contribution < 1.29 is 9.21 Å². The Labute approximate surface area is 107 Å². The SMILES string of the molecule is Cc1cc(NC(=O)c2occc2C)ncc1Br. The van der Waals surface area contributed by atoms with Gasteiger partial charge in [0.15, 0.2) is 5.76 Å². The van der Waals surface area contributed by atoms with E-state index in [0.29, 0.717) is 11.6 Å². The van der Waals surface area contributed by atoms with Crippen molar-refractivity contribution in [2.24, 2.45) is 0 Å². The summed E-state index contributed by atoms with van der Waals surface area (Å²) in [6.45, 7) is 3.75. The molecule has 0 aliphatic carbocycles. The molecule has 0 unspecified atom stereocenters. The van der Waals surface area contributed by atoms with Crippen LogP contribution in [0.2, 0.25) is 0 Å². The van der Waals surface area contributed by atoms with Gasteiger partial charge < -0.3 is 9.73 Å². The fraction of sp³-hybridized carbons (Fsp3) is 0.167. The Hall–Kier alpha value is -1.62. The molecular formula is C12H11BrN2O2. The lowest BCUT2D eigenvalue weighted by Crippen LogP contribution is -2.13. The van der Waals surface area contributed by atoms with Crippen molar-refractivity contribution in [3.05, 3.63) is 46.0 Å². The number of hydrogen-bond acceptors (Lipinski definition) is 3. The van der Waals surface area contributed by atoms with Crippen LogP contribution in [0.1, 0.15) is 21.7 Å². The van der Waals surface area contributed by atoms with Crippen LogP contribution in [0, 0.1) is 13.8 Å². The summed E-state index contributed by atoms with van der Waals surface area (Å²) in [5.74, 6) is 0.528. The molecule has 4 nitrogen and oxygen atoms in total. The largest absolute Gasteiger partial charge is 0.459 e. The van der Waals surface area contributed by atoms with Gasteiger partial charge in [0.2, 0.25) is 0 Å². The lowest BCUT2D eigenvalue weighted by atomic mass is 10.2. The van der Waals surface area contributed by atoms with E-state index >= 15 is 0 Å². The number of carbonyl (C=O) groups excluding carboxylic acids is 1. The molecule has 0 aliphatic heterocycles. The lowest BCUT2D eigenvalue weighted by Gasteiger charge is -2.04. The number of rotatable bonds is 2. The molecule has 88 valence electrons. The normalized spacial score (nSPS) is 10.3. The van der Waals surface area contributed by atoms with E-state index in [4.69, 9.17) is 4.42 Å². The second-order valence-corrected chi connectivity index (χ2v) is 4.56. The number of anilines is 1. The summed E-state index contributed by atoms with van der Waals surface area (Å²) in [5, 5.41) is 2.69. The van der Waals surface area contributed by atoms with Crippen molar-refractivity contribution >= 4 is 27.7 Å². The second kappa shape index (κ2) is 4.71. The number of halogens is 1. The van der Waals surface area contributed by atoms with Crippen molar-refractivity contribution in [2.45, 2.75) is 13.8 Å². The van der Waals surface area contributed by atoms with Gasteiger partial charge in [0.25, 0.3) is 5.91 Å². The zero-order chi connectivity index (χ0) is 12.4. The quantitative estimate of drug-likeness (QED) is 0.924. The van der Waals surface area contributed by atoms with Crippen molar-refractivity contribution in [1.82, 2.24) is 4.98 Å². The van der Waals surface area contributed by atoms with E-state index in [1.165, 1.54) is 6.26 Å². The van der Waals surface area contributed by atoms with Gasteiger partial charge in [-0.3, -0.25) is 4.79 Å². The molecule has 17 heavy (non-hydrogen) atoms. The highest BCUT2D eigenvalue weighted by molar-refractivity contribution is 9.10. The summed E-state index contributed by atoms with van der Waals surface area (Å²) in [4.78, 5) is 15.9. The van der Waals surface area contributed by atoms with E-state index in [2.05, 4.69) is 26.2 Å². The van der Waals surface area contributed by atoms with Gasteiger partial charge in [-0.15, -0.1) is 0 Å². The smallest absolute Gasteiger partial charge is 0.292 e. The minimum absolute atomic E-state index is 0.290. The van der Waals surface area contributed by atoms with E-state index in [0.717, 1.165) is 15.6 Å². The average Bonchev–Trinajstić information content (AvgIpc) is 2.70. The van der Waals surface area contributed by atoms with Gasteiger partial charge in [-0.1, -0.05) is 0 Å². The molecule has 0 saturated carbocycles. The van der Waals surface area contributed by atoms with Gasteiger partial charge in [-0.05, 0) is 47.5 Å². The van der Waals surface area contributed by atoms with Crippen LogP contribution in [0.3, 0.4) is 0 Å². The van der Waals surface area contributed by atoms with E-state index in [9.17, 15) is 4.79 Å². The predicted molar refractivity (Wildman–Crippen MR) is 68.1 cm³/mol. The highest BCUT2D eigenvalue weighted by Crippen LogP contribution is 2.18. The third-order valence-electron chi connectivity index (χ3n) is 2.36. The van der Waals surface area contributed by atoms with Crippen LogP contribution >= 0.6 is 15.9 Å². The molecule has 2 rings (SSSR count). The Kier molecular flexibility index (Phi) is 3.28. The highest BCUT2D eigenvalue weighted by Gasteiger charge is 2.13. The molecule has 0 aromatic carbocycles. The number of nitrogens with zero attached hydrogens (tertiary/aromatic N) is 1. The van der Waals surface area contributed by atoms with Gasteiger partial charge in [-0.25, -0.2) is 4.98 Å². The summed E-state index contributed by atoms with van der Waals surface area (Å²) in [7, 11) is 0. The topological polar surface area (TPSA) is 55.1 Å². The van der Waals surface area contributed by atoms with Crippen LogP contribution in [0.25, 0.3) is 0 Å². The van der Waals surface area contributed by atoms with Crippen LogP contribution in [0.15, 0.2) is 33.5 Å². The molecule has 0 aliphatic rings. The molecule has 0 atom stereocenters. The summed E-state index contributed by atoms with van der Waals surface area (Å²) in [6, 6.07) is 3.54. The standard InChI is InChI=1S/C12H11BrN2O2/c1-7-3-4-17-11(7)12(16)15-10-5-8(2)9(13)6-14-10/h3-6H,1-2H3,(H,14,15,16). The van der Waals surface area contributed by atoms with Crippen molar-refractivity contribution in [2.75, 3.05) is 5.32 Å². The fourth-order valence-corrected chi connectivity index (χ4v) is 1.60. The Bertz CT molecular complexity index is 563. The molecule has 0 bridgehead atoms. The van der Waals surface area contributed by atoms with Gasteiger partial charge in [-0.2, -0.15) is 0 Å². The lowest BCUT2D eigenvalue weighted by molar-refractivity contribution is 0.0995. The number of aromatic nitrogens is 1. The fourth-order valence-electron chi connectivity index (χ4n) is 1.39. The third kappa shape index (κ3) is 2.55. The first-order chi connectivity index (χ1) is 8.08. The zero-order valence-electron chi connectivity index (χ0n) is 9.45. The first-order valence-electron chi connectivity index (χ1n) is 5.05. The van der Waals surface area contributed by atoms with E-state index in [1.54, 1.807) is 18.3 Å². The summed E-state index contributed by atoms with van der Waals surface area (Å²) < 4.78 is 6.01. The summed E-state index contributed by atoms with van der Waals surface area (Å²) in [6.07, 6.45) is 3.14. The zero-order valence-corrected chi connectivity index (χ0v) is 11.0. The average molecular weight is 295 g/mol. The van der Waals surface area contributed by atoms with Crippen LogP contribution in [0.4, 0.5) is 5.82 Å². The molecule has 2 heterocycles. The van der Waals surface area contributed by atoms with E-state index < -0.39 is 0 Å². The monoisotopic (exact) mass is 294 g/mol. The molecule has 0 radical (unpaired) electrons. The van der Waals surface area contributed by atoms with Crippen LogP contribution in [0.5, 0.6) is 0 Å². The van der Waals surface area contributed by atoms with Crippen molar-refractivity contribution in [3.8, 4) is 0 Å². The van der Waals surface area contributed by atoms with E-state index in [1.807, 2.05) is 13.8 Å². The van der Waals surface area contributed by atoms with E-state index in [-0.39, 0.29) is 5.91 Å². The molecule has 2 aromatic rings. The number of amides is 1. The maximum Gasteiger partial charge on any atom is 0.292 e.